The number of halogens is 1. The predicted octanol–water partition coefficient (Wildman–Crippen LogP) is 6.94. The third-order valence-electron chi connectivity index (χ3n) is 4.22. The highest BCUT2D eigenvalue weighted by molar-refractivity contribution is 9.11. The average molecular weight is 469 g/mol. The van der Waals surface area contributed by atoms with E-state index >= 15 is 0 Å². The fourth-order valence-electron chi connectivity index (χ4n) is 2.74. The number of aryl methyl sites for hydroxylation is 2. The van der Waals surface area contributed by atoms with Gasteiger partial charge in [0.15, 0.2) is 5.17 Å². The molecule has 1 saturated heterocycles. The highest BCUT2D eigenvalue weighted by Gasteiger charge is 2.34. The van der Waals surface area contributed by atoms with Gasteiger partial charge < -0.3 is 0 Å². The number of nitrogens with zero attached hydrogens (tertiary/aromatic N) is 2. The molecular weight excluding hydrogens is 452 g/mol. The standard InChI is InChI=1S/C22H17BrN2OS2/c1-14-3-7-16(8-4-14)24-22-25(17-9-5-15(2)6-10-17)21(26)19(28-22)13-18-11-12-20(23)27-18/h3-13H,1-2H3. The summed E-state index contributed by atoms with van der Waals surface area (Å²) in [5.41, 5.74) is 3.99. The number of rotatable bonds is 3. The minimum Gasteiger partial charge on any atom is -0.268 e. The van der Waals surface area contributed by atoms with E-state index < -0.39 is 0 Å². The summed E-state index contributed by atoms with van der Waals surface area (Å²) in [5, 5.41) is 0.666. The van der Waals surface area contributed by atoms with Crippen molar-refractivity contribution in [3.63, 3.8) is 0 Å². The SMILES string of the molecule is Cc1ccc(N=C2SC(=Cc3ccc(Br)s3)C(=O)N2c2ccc(C)cc2)cc1. The van der Waals surface area contributed by atoms with E-state index in [1.165, 1.54) is 17.3 Å². The maximum Gasteiger partial charge on any atom is 0.271 e. The van der Waals surface area contributed by atoms with Crippen molar-refractivity contribution in [1.82, 2.24) is 0 Å². The number of thiophene rings is 1. The van der Waals surface area contributed by atoms with Crippen LogP contribution >= 0.6 is 39.0 Å². The number of carbonyl (C=O) groups is 1. The topological polar surface area (TPSA) is 32.7 Å². The number of aliphatic imine (C=N–C) groups is 1. The molecule has 0 spiro atoms. The monoisotopic (exact) mass is 468 g/mol. The molecule has 0 bridgehead atoms. The summed E-state index contributed by atoms with van der Waals surface area (Å²) < 4.78 is 1.04. The highest BCUT2D eigenvalue weighted by Crippen LogP contribution is 2.38. The fraction of sp³-hybridized carbons (Fsp3) is 0.0909. The maximum absolute atomic E-state index is 13.2. The van der Waals surface area contributed by atoms with Gasteiger partial charge in [-0.1, -0.05) is 35.4 Å². The summed E-state index contributed by atoms with van der Waals surface area (Å²) in [6, 6.07) is 19.9. The van der Waals surface area contributed by atoms with Gasteiger partial charge >= 0.3 is 0 Å². The van der Waals surface area contributed by atoms with Crippen molar-refractivity contribution in [2.75, 3.05) is 4.90 Å². The summed E-state index contributed by atoms with van der Waals surface area (Å²) in [5.74, 6) is -0.0516. The number of benzene rings is 2. The third-order valence-corrected chi connectivity index (χ3v) is 6.76. The van der Waals surface area contributed by atoms with Gasteiger partial charge in [-0.05, 0) is 84.0 Å². The number of thioether (sulfide) groups is 1. The summed E-state index contributed by atoms with van der Waals surface area (Å²) in [6.45, 7) is 4.08. The Labute approximate surface area is 180 Å². The molecule has 0 unspecified atom stereocenters. The molecule has 1 aromatic heterocycles. The molecule has 3 aromatic rings. The Kier molecular flexibility index (Phi) is 5.53. The van der Waals surface area contributed by atoms with Crippen molar-refractivity contribution in [2.24, 2.45) is 4.99 Å². The number of carbonyl (C=O) groups excluding carboxylic acids is 1. The van der Waals surface area contributed by atoms with Crippen LogP contribution in [0.2, 0.25) is 0 Å². The Morgan fingerprint density at radius 1 is 0.929 bits per heavy atom. The second-order valence-corrected chi connectivity index (χ2v) is 9.96. The lowest BCUT2D eigenvalue weighted by atomic mass is 10.2. The van der Waals surface area contributed by atoms with E-state index in [1.807, 2.05) is 80.6 Å². The lowest BCUT2D eigenvalue weighted by Gasteiger charge is -2.16. The first kappa shape index (κ1) is 19.2. The zero-order chi connectivity index (χ0) is 19.7. The zero-order valence-electron chi connectivity index (χ0n) is 15.3. The largest absolute Gasteiger partial charge is 0.271 e. The zero-order valence-corrected chi connectivity index (χ0v) is 18.6. The van der Waals surface area contributed by atoms with Gasteiger partial charge in [-0.25, -0.2) is 4.99 Å². The van der Waals surface area contributed by atoms with E-state index in [-0.39, 0.29) is 5.91 Å². The van der Waals surface area contributed by atoms with Gasteiger partial charge in [0.25, 0.3) is 5.91 Å². The Morgan fingerprint density at radius 3 is 2.18 bits per heavy atom. The molecule has 1 aliphatic heterocycles. The Hall–Kier alpha value is -2.15. The van der Waals surface area contributed by atoms with Crippen LogP contribution in [0.4, 0.5) is 11.4 Å². The van der Waals surface area contributed by atoms with Gasteiger partial charge in [-0.15, -0.1) is 11.3 Å². The summed E-state index contributed by atoms with van der Waals surface area (Å²) in [6.07, 6.45) is 1.93. The molecule has 1 amide bonds. The molecule has 0 atom stereocenters. The molecule has 0 saturated carbocycles. The minimum atomic E-state index is -0.0516. The molecular formula is C22H17BrN2OS2. The van der Waals surface area contributed by atoms with E-state index in [0.29, 0.717) is 10.1 Å². The van der Waals surface area contributed by atoms with Crippen LogP contribution in [0.3, 0.4) is 0 Å². The van der Waals surface area contributed by atoms with Crippen LogP contribution < -0.4 is 4.90 Å². The van der Waals surface area contributed by atoms with E-state index in [1.54, 1.807) is 16.2 Å². The number of amidine groups is 1. The summed E-state index contributed by atoms with van der Waals surface area (Å²) in [4.78, 5) is 21.4. The van der Waals surface area contributed by atoms with Gasteiger partial charge in [0.1, 0.15) is 0 Å². The first-order valence-corrected chi connectivity index (χ1v) is 11.1. The van der Waals surface area contributed by atoms with E-state index in [9.17, 15) is 4.79 Å². The maximum atomic E-state index is 13.2. The van der Waals surface area contributed by atoms with Crippen LogP contribution in [0.5, 0.6) is 0 Å². The highest BCUT2D eigenvalue weighted by atomic mass is 79.9. The van der Waals surface area contributed by atoms with E-state index in [0.717, 1.165) is 25.6 Å². The second kappa shape index (κ2) is 8.07. The molecule has 1 aliphatic rings. The predicted molar refractivity (Wildman–Crippen MR) is 125 cm³/mol. The first-order valence-electron chi connectivity index (χ1n) is 8.71. The van der Waals surface area contributed by atoms with Crippen LogP contribution in [0.1, 0.15) is 16.0 Å². The van der Waals surface area contributed by atoms with Gasteiger partial charge in [0, 0.05) is 4.88 Å². The van der Waals surface area contributed by atoms with E-state index in [2.05, 4.69) is 15.9 Å². The Bertz CT molecular complexity index is 1080. The Morgan fingerprint density at radius 2 is 1.57 bits per heavy atom. The van der Waals surface area contributed by atoms with Crippen molar-refractivity contribution >= 4 is 67.6 Å². The van der Waals surface area contributed by atoms with Gasteiger partial charge in [-0.3, -0.25) is 9.69 Å². The van der Waals surface area contributed by atoms with Crippen LogP contribution in [0.25, 0.3) is 6.08 Å². The van der Waals surface area contributed by atoms with Crippen molar-refractivity contribution in [3.05, 3.63) is 85.4 Å². The molecule has 0 N–H and O–H groups in total. The third kappa shape index (κ3) is 4.14. The van der Waals surface area contributed by atoms with Crippen molar-refractivity contribution in [1.29, 1.82) is 0 Å². The lowest BCUT2D eigenvalue weighted by molar-refractivity contribution is -0.113. The number of hydrogen-bond acceptors (Lipinski definition) is 4. The molecule has 0 radical (unpaired) electrons. The lowest BCUT2D eigenvalue weighted by Crippen LogP contribution is -2.28. The molecule has 2 aromatic carbocycles. The number of anilines is 1. The molecule has 2 heterocycles. The van der Waals surface area contributed by atoms with Gasteiger partial charge in [0.05, 0.1) is 20.1 Å². The molecule has 0 aliphatic carbocycles. The molecule has 1 fully saturated rings. The molecule has 6 heteroatoms. The van der Waals surface area contributed by atoms with Crippen LogP contribution in [0.15, 0.2) is 74.3 Å². The molecule has 3 nitrogen and oxygen atoms in total. The second-order valence-electron chi connectivity index (χ2n) is 6.46. The van der Waals surface area contributed by atoms with Crippen molar-refractivity contribution in [2.45, 2.75) is 13.8 Å². The van der Waals surface area contributed by atoms with Crippen molar-refractivity contribution in [3.8, 4) is 0 Å². The van der Waals surface area contributed by atoms with E-state index in [4.69, 9.17) is 4.99 Å². The number of amides is 1. The minimum absolute atomic E-state index is 0.0516. The van der Waals surface area contributed by atoms with Crippen molar-refractivity contribution < 1.29 is 4.79 Å². The van der Waals surface area contributed by atoms with Crippen LogP contribution in [-0.4, -0.2) is 11.1 Å². The number of hydrogen-bond donors (Lipinski definition) is 0. The van der Waals surface area contributed by atoms with Crippen LogP contribution in [0, 0.1) is 13.8 Å². The normalized spacial score (nSPS) is 17.1. The smallest absolute Gasteiger partial charge is 0.268 e. The fourth-order valence-corrected chi connectivity index (χ4v) is 5.17. The molecule has 28 heavy (non-hydrogen) atoms. The van der Waals surface area contributed by atoms with Gasteiger partial charge in [-0.2, -0.15) is 0 Å². The first-order chi connectivity index (χ1) is 13.5. The average Bonchev–Trinajstić information content (AvgIpc) is 3.21. The molecule has 140 valence electrons. The quantitative estimate of drug-likeness (QED) is 0.390. The molecule has 4 rings (SSSR count). The van der Waals surface area contributed by atoms with Crippen LogP contribution in [-0.2, 0) is 4.79 Å². The van der Waals surface area contributed by atoms with Gasteiger partial charge in [0.2, 0.25) is 0 Å². The summed E-state index contributed by atoms with van der Waals surface area (Å²) in [7, 11) is 0. The Balaban J connectivity index is 1.76. The summed E-state index contributed by atoms with van der Waals surface area (Å²) >= 11 is 6.48.